The fourth-order valence-corrected chi connectivity index (χ4v) is 2.02. The zero-order chi connectivity index (χ0) is 11.3. The van der Waals surface area contributed by atoms with Crippen LogP contribution in [0.1, 0.15) is 26.2 Å². The fraction of sp³-hybridized carbons (Fsp3) is 0.900. The van der Waals surface area contributed by atoms with Gasteiger partial charge in [0.1, 0.15) is 5.84 Å². The van der Waals surface area contributed by atoms with Gasteiger partial charge in [0.2, 0.25) is 0 Å². The average Bonchev–Trinajstić information content (AvgIpc) is 2.62. The van der Waals surface area contributed by atoms with Crippen molar-refractivity contribution in [1.29, 1.82) is 0 Å². The fourth-order valence-electron chi connectivity index (χ4n) is 2.02. The van der Waals surface area contributed by atoms with Gasteiger partial charge in [-0.05, 0) is 26.4 Å². The number of likely N-dealkylation sites (tertiary alicyclic amines) is 1. The molecule has 1 heterocycles. The topological polar surface area (TPSA) is 73.9 Å². The quantitative estimate of drug-likeness (QED) is 0.264. The number of nitrogens with zero attached hydrogens (tertiary/aromatic N) is 2. The van der Waals surface area contributed by atoms with Crippen LogP contribution >= 0.6 is 0 Å². The second-order valence-corrected chi connectivity index (χ2v) is 4.32. The zero-order valence-corrected chi connectivity index (χ0v) is 9.61. The van der Waals surface area contributed by atoms with Gasteiger partial charge in [0.15, 0.2) is 0 Å². The Morgan fingerprint density at radius 1 is 1.73 bits per heavy atom. The molecule has 0 aromatic carbocycles. The summed E-state index contributed by atoms with van der Waals surface area (Å²) in [6, 6.07) is 0.865. The van der Waals surface area contributed by atoms with E-state index < -0.39 is 0 Å². The summed E-state index contributed by atoms with van der Waals surface area (Å²) in [4.78, 5) is 2.31. The van der Waals surface area contributed by atoms with E-state index in [1.807, 2.05) is 0 Å². The van der Waals surface area contributed by atoms with Gasteiger partial charge in [-0.15, -0.1) is 0 Å². The molecule has 1 aliphatic heterocycles. The van der Waals surface area contributed by atoms with Crippen molar-refractivity contribution in [2.75, 3.05) is 20.1 Å². The summed E-state index contributed by atoms with van der Waals surface area (Å²) < 4.78 is 0. The monoisotopic (exact) mass is 214 g/mol. The Balaban J connectivity index is 2.33. The molecule has 0 aromatic heterocycles. The van der Waals surface area contributed by atoms with E-state index in [1.165, 1.54) is 6.42 Å². The molecule has 0 spiro atoms. The maximum atomic E-state index is 8.51. The Hall–Kier alpha value is -0.810. The van der Waals surface area contributed by atoms with Crippen molar-refractivity contribution in [3.8, 4) is 0 Å². The zero-order valence-electron chi connectivity index (χ0n) is 9.61. The third kappa shape index (κ3) is 4.05. The summed E-state index contributed by atoms with van der Waals surface area (Å²) in [5.74, 6) is 0.306. The molecule has 1 fully saturated rings. The van der Waals surface area contributed by atoms with Gasteiger partial charge in [-0.2, -0.15) is 0 Å². The number of likely N-dealkylation sites (N-methyl/N-ethyl adjacent to an activating group) is 1. The summed E-state index contributed by atoms with van der Waals surface area (Å²) in [5, 5.41) is 15.1. The van der Waals surface area contributed by atoms with Crippen LogP contribution in [-0.2, 0) is 0 Å². The molecule has 15 heavy (non-hydrogen) atoms. The molecular formula is C10H22N4O. The molecule has 0 aromatic rings. The first kappa shape index (κ1) is 12.3. The van der Waals surface area contributed by atoms with E-state index in [0.29, 0.717) is 24.3 Å². The highest BCUT2D eigenvalue weighted by Crippen LogP contribution is 2.09. The molecule has 2 atom stereocenters. The number of hydrogen-bond acceptors (Lipinski definition) is 4. The van der Waals surface area contributed by atoms with Crippen LogP contribution in [0.25, 0.3) is 0 Å². The molecule has 1 saturated heterocycles. The molecule has 5 nitrogen and oxygen atoms in total. The van der Waals surface area contributed by atoms with Gasteiger partial charge in [-0.1, -0.05) is 12.1 Å². The first-order chi connectivity index (χ1) is 7.15. The Morgan fingerprint density at radius 3 is 2.93 bits per heavy atom. The van der Waals surface area contributed by atoms with Gasteiger partial charge >= 0.3 is 0 Å². The van der Waals surface area contributed by atoms with Crippen LogP contribution in [0.15, 0.2) is 5.16 Å². The van der Waals surface area contributed by atoms with E-state index in [2.05, 4.69) is 29.3 Å². The van der Waals surface area contributed by atoms with Crippen molar-refractivity contribution >= 4 is 5.84 Å². The summed E-state index contributed by atoms with van der Waals surface area (Å²) in [7, 11) is 2.13. The molecule has 4 N–H and O–H groups in total. The first-order valence-corrected chi connectivity index (χ1v) is 5.56. The van der Waals surface area contributed by atoms with Crippen LogP contribution in [0.2, 0.25) is 0 Å². The number of nitrogens with one attached hydrogen (secondary N) is 1. The largest absolute Gasteiger partial charge is 0.409 e. The van der Waals surface area contributed by atoms with Crippen molar-refractivity contribution in [2.45, 2.75) is 38.3 Å². The standard InChI is InChI=1S/C10H22N4O/c1-3-8(6-10(11)13-15)12-9-4-5-14(2)7-9/h8-9,12,15H,3-7H2,1-2H3,(H2,11,13). The number of oxime groups is 1. The van der Waals surface area contributed by atoms with Gasteiger partial charge in [0, 0.05) is 25.0 Å². The molecule has 0 amide bonds. The van der Waals surface area contributed by atoms with Crippen molar-refractivity contribution in [2.24, 2.45) is 10.9 Å². The molecule has 0 aliphatic carbocycles. The second-order valence-electron chi connectivity index (χ2n) is 4.32. The molecule has 0 saturated carbocycles. The highest BCUT2D eigenvalue weighted by atomic mass is 16.4. The van der Waals surface area contributed by atoms with Gasteiger partial charge in [-0.25, -0.2) is 0 Å². The SMILES string of the molecule is CCC(CC(N)=NO)NC1CCN(C)C1. The Kier molecular flexibility index (Phi) is 4.84. The van der Waals surface area contributed by atoms with Crippen LogP contribution in [0.5, 0.6) is 0 Å². The summed E-state index contributed by atoms with van der Waals surface area (Å²) in [5.41, 5.74) is 5.50. The van der Waals surface area contributed by atoms with Crippen molar-refractivity contribution < 1.29 is 5.21 Å². The smallest absolute Gasteiger partial charge is 0.140 e. The Bertz CT molecular complexity index is 219. The van der Waals surface area contributed by atoms with Crippen LogP contribution in [-0.4, -0.2) is 48.2 Å². The van der Waals surface area contributed by atoms with Crippen molar-refractivity contribution in [3.63, 3.8) is 0 Å². The highest BCUT2D eigenvalue weighted by molar-refractivity contribution is 5.80. The van der Waals surface area contributed by atoms with E-state index in [-0.39, 0.29) is 0 Å². The number of hydrogen-bond donors (Lipinski definition) is 3. The van der Waals surface area contributed by atoms with Crippen molar-refractivity contribution in [3.05, 3.63) is 0 Å². The van der Waals surface area contributed by atoms with Gasteiger partial charge in [0.05, 0.1) is 0 Å². The molecule has 1 rings (SSSR count). The third-order valence-electron chi connectivity index (χ3n) is 2.94. The van der Waals surface area contributed by atoms with Crippen LogP contribution in [0.4, 0.5) is 0 Å². The molecule has 5 heteroatoms. The normalized spacial score (nSPS) is 25.7. The minimum atomic E-state index is 0.306. The van der Waals surface area contributed by atoms with Crippen LogP contribution < -0.4 is 11.1 Å². The molecule has 0 bridgehead atoms. The Labute approximate surface area is 91.3 Å². The van der Waals surface area contributed by atoms with E-state index in [1.54, 1.807) is 0 Å². The molecule has 2 unspecified atom stereocenters. The molecule has 1 aliphatic rings. The summed E-state index contributed by atoms with van der Waals surface area (Å²) in [6.07, 6.45) is 2.80. The lowest BCUT2D eigenvalue weighted by Crippen LogP contribution is -2.41. The second kappa shape index (κ2) is 5.92. The average molecular weight is 214 g/mol. The van der Waals surface area contributed by atoms with Crippen molar-refractivity contribution in [1.82, 2.24) is 10.2 Å². The van der Waals surface area contributed by atoms with E-state index >= 15 is 0 Å². The number of rotatable bonds is 5. The number of amidine groups is 1. The van der Waals surface area contributed by atoms with Gasteiger partial charge < -0.3 is 21.2 Å². The highest BCUT2D eigenvalue weighted by Gasteiger charge is 2.21. The molecular weight excluding hydrogens is 192 g/mol. The minimum Gasteiger partial charge on any atom is -0.409 e. The predicted octanol–water partition coefficient (Wildman–Crippen LogP) is 0.195. The predicted molar refractivity (Wildman–Crippen MR) is 61.1 cm³/mol. The van der Waals surface area contributed by atoms with Crippen LogP contribution in [0.3, 0.4) is 0 Å². The van der Waals surface area contributed by atoms with E-state index in [0.717, 1.165) is 19.5 Å². The lowest BCUT2D eigenvalue weighted by atomic mass is 10.1. The molecule has 88 valence electrons. The third-order valence-corrected chi connectivity index (χ3v) is 2.94. The summed E-state index contributed by atoms with van der Waals surface area (Å²) in [6.45, 7) is 4.35. The minimum absolute atomic E-state index is 0.306. The maximum absolute atomic E-state index is 8.51. The van der Waals surface area contributed by atoms with Gasteiger partial charge in [0.25, 0.3) is 0 Å². The van der Waals surface area contributed by atoms with E-state index in [9.17, 15) is 0 Å². The summed E-state index contributed by atoms with van der Waals surface area (Å²) >= 11 is 0. The lowest BCUT2D eigenvalue weighted by Gasteiger charge is -2.21. The Morgan fingerprint density at radius 2 is 2.47 bits per heavy atom. The van der Waals surface area contributed by atoms with Crippen LogP contribution in [0, 0.1) is 0 Å². The molecule has 0 radical (unpaired) electrons. The van der Waals surface area contributed by atoms with E-state index in [4.69, 9.17) is 10.9 Å². The lowest BCUT2D eigenvalue weighted by molar-refractivity contribution is 0.314. The maximum Gasteiger partial charge on any atom is 0.140 e. The first-order valence-electron chi connectivity index (χ1n) is 5.56. The number of nitrogens with two attached hydrogens (primary N) is 1. The van der Waals surface area contributed by atoms with Gasteiger partial charge in [-0.3, -0.25) is 0 Å².